The Morgan fingerprint density at radius 1 is 1.08 bits per heavy atom. The molecular formula is C16H14F2N2O2S2. The van der Waals surface area contributed by atoms with E-state index in [4.69, 9.17) is 0 Å². The zero-order valence-electron chi connectivity index (χ0n) is 12.9. The number of sulfonamides is 1. The van der Waals surface area contributed by atoms with Crippen LogP contribution in [0.4, 0.5) is 8.78 Å². The van der Waals surface area contributed by atoms with E-state index in [9.17, 15) is 17.2 Å². The molecule has 3 aromatic rings. The lowest BCUT2D eigenvalue weighted by Crippen LogP contribution is -2.31. The third kappa shape index (κ3) is 2.81. The Morgan fingerprint density at radius 2 is 1.71 bits per heavy atom. The lowest BCUT2D eigenvalue weighted by Gasteiger charge is -2.23. The van der Waals surface area contributed by atoms with Crippen molar-refractivity contribution in [2.45, 2.75) is 17.9 Å². The van der Waals surface area contributed by atoms with Gasteiger partial charge in [-0.2, -0.15) is 4.31 Å². The van der Waals surface area contributed by atoms with Crippen LogP contribution < -0.4 is 0 Å². The molecule has 0 saturated heterocycles. The lowest BCUT2D eigenvalue weighted by atomic mass is 10.3. The fraction of sp³-hybridized carbons (Fsp3) is 0.188. The Hall–Kier alpha value is -1.90. The van der Waals surface area contributed by atoms with Gasteiger partial charge in [0.25, 0.3) is 0 Å². The maximum absolute atomic E-state index is 13.9. The average Bonchev–Trinajstić information content (AvgIpc) is 2.97. The van der Waals surface area contributed by atoms with Crippen LogP contribution in [0.1, 0.15) is 18.0 Å². The van der Waals surface area contributed by atoms with Crippen LogP contribution in [0, 0.1) is 11.6 Å². The molecule has 0 saturated carbocycles. The molecule has 0 N–H and O–H groups in total. The number of thiazole rings is 1. The fourth-order valence-electron chi connectivity index (χ4n) is 2.31. The van der Waals surface area contributed by atoms with Gasteiger partial charge in [0.2, 0.25) is 10.0 Å². The monoisotopic (exact) mass is 368 g/mol. The topological polar surface area (TPSA) is 50.3 Å². The van der Waals surface area contributed by atoms with Crippen molar-refractivity contribution in [2.75, 3.05) is 7.05 Å². The molecule has 0 fully saturated rings. The predicted molar refractivity (Wildman–Crippen MR) is 89.3 cm³/mol. The molecule has 0 spiro atoms. The summed E-state index contributed by atoms with van der Waals surface area (Å²) in [6.07, 6.45) is 0. The summed E-state index contributed by atoms with van der Waals surface area (Å²) in [7, 11) is -3.05. The van der Waals surface area contributed by atoms with Crippen molar-refractivity contribution in [3.8, 4) is 0 Å². The molecule has 1 heterocycles. The first-order valence-electron chi connectivity index (χ1n) is 7.10. The SMILES string of the molecule is C[C@@H](c1nc2ccccc2s1)N(C)S(=O)(=O)c1c(F)cccc1F. The largest absolute Gasteiger partial charge is 0.249 e. The Bertz CT molecular complexity index is 949. The Kier molecular flexibility index (Phi) is 4.37. The van der Waals surface area contributed by atoms with Gasteiger partial charge in [-0.15, -0.1) is 11.3 Å². The quantitative estimate of drug-likeness (QED) is 0.700. The Balaban J connectivity index is 2.02. The highest BCUT2D eigenvalue weighted by atomic mass is 32.2. The van der Waals surface area contributed by atoms with Crippen LogP contribution in [0.2, 0.25) is 0 Å². The van der Waals surface area contributed by atoms with Gasteiger partial charge >= 0.3 is 0 Å². The highest BCUT2D eigenvalue weighted by Crippen LogP contribution is 2.32. The van der Waals surface area contributed by atoms with Crippen molar-refractivity contribution >= 4 is 31.6 Å². The molecule has 0 radical (unpaired) electrons. The third-order valence-corrected chi connectivity index (χ3v) is 6.96. The molecule has 0 bridgehead atoms. The van der Waals surface area contributed by atoms with E-state index in [2.05, 4.69) is 4.98 Å². The fourth-order valence-corrected chi connectivity index (χ4v) is 4.87. The van der Waals surface area contributed by atoms with Gasteiger partial charge in [0.1, 0.15) is 16.6 Å². The summed E-state index contributed by atoms with van der Waals surface area (Å²) in [6.45, 7) is 1.63. The summed E-state index contributed by atoms with van der Waals surface area (Å²) in [5.41, 5.74) is 0.757. The van der Waals surface area contributed by atoms with Crippen molar-refractivity contribution in [3.05, 3.63) is 59.1 Å². The number of fused-ring (bicyclic) bond motifs is 1. The van der Waals surface area contributed by atoms with Crippen molar-refractivity contribution in [2.24, 2.45) is 0 Å². The molecule has 0 aliphatic carbocycles. The molecule has 0 amide bonds. The molecule has 8 heteroatoms. The highest BCUT2D eigenvalue weighted by molar-refractivity contribution is 7.89. The third-order valence-electron chi connectivity index (χ3n) is 3.77. The van der Waals surface area contributed by atoms with Crippen molar-refractivity contribution in [1.29, 1.82) is 0 Å². The van der Waals surface area contributed by atoms with Crippen LogP contribution in [-0.4, -0.2) is 24.8 Å². The zero-order valence-corrected chi connectivity index (χ0v) is 14.5. The summed E-state index contributed by atoms with van der Waals surface area (Å²) in [5, 5.41) is 0.555. The van der Waals surface area contributed by atoms with Gasteiger partial charge in [0.05, 0.1) is 16.3 Å². The van der Waals surface area contributed by atoms with E-state index in [1.165, 1.54) is 18.4 Å². The number of para-hydroxylation sites is 1. The molecule has 1 atom stereocenters. The van der Waals surface area contributed by atoms with Crippen LogP contribution in [0.3, 0.4) is 0 Å². The molecule has 24 heavy (non-hydrogen) atoms. The number of aromatic nitrogens is 1. The molecule has 0 unspecified atom stereocenters. The Morgan fingerprint density at radius 3 is 2.33 bits per heavy atom. The minimum absolute atomic E-state index is 0.555. The summed E-state index contributed by atoms with van der Waals surface area (Å²) < 4.78 is 54.9. The van der Waals surface area contributed by atoms with Gasteiger partial charge in [-0.05, 0) is 31.2 Å². The van der Waals surface area contributed by atoms with Crippen molar-refractivity contribution in [1.82, 2.24) is 9.29 Å². The van der Waals surface area contributed by atoms with Crippen LogP contribution in [0.15, 0.2) is 47.4 Å². The van der Waals surface area contributed by atoms with Gasteiger partial charge in [-0.1, -0.05) is 18.2 Å². The standard InChI is InChI=1S/C16H14F2N2O2S2/c1-10(16-19-13-8-3-4-9-14(13)23-16)20(2)24(21,22)15-11(17)6-5-7-12(15)18/h3-10H,1-2H3/t10-/m0/s1. The Labute approximate surface area is 142 Å². The molecular weight excluding hydrogens is 354 g/mol. The van der Waals surface area contributed by atoms with Gasteiger partial charge in [0, 0.05) is 7.05 Å². The molecule has 126 valence electrons. The first-order chi connectivity index (χ1) is 11.3. The molecule has 3 rings (SSSR count). The smallest absolute Gasteiger partial charge is 0.239 e. The average molecular weight is 368 g/mol. The van der Waals surface area contributed by atoms with Gasteiger partial charge in [-0.25, -0.2) is 22.2 Å². The second kappa shape index (κ2) is 6.19. The molecule has 0 aliphatic rings. The molecule has 4 nitrogen and oxygen atoms in total. The van der Waals surface area contributed by atoms with E-state index in [0.29, 0.717) is 5.01 Å². The van der Waals surface area contributed by atoms with E-state index < -0.39 is 32.6 Å². The van der Waals surface area contributed by atoms with Crippen LogP contribution in [0.25, 0.3) is 10.2 Å². The second-order valence-corrected chi connectivity index (χ2v) is 8.26. The number of rotatable bonds is 4. The summed E-state index contributed by atoms with van der Waals surface area (Å²) in [5.74, 6) is -2.23. The summed E-state index contributed by atoms with van der Waals surface area (Å²) >= 11 is 1.35. The van der Waals surface area contributed by atoms with Crippen molar-refractivity contribution in [3.63, 3.8) is 0 Å². The molecule has 2 aromatic carbocycles. The minimum atomic E-state index is -4.34. The van der Waals surface area contributed by atoms with Gasteiger partial charge < -0.3 is 0 Å². The lowest BCUT2D eigenvalue weighted by molar-refractivity contribution is 0.390. The van der Waals surface area contributed by atoms with E-state index in [-0.39, 0.29) is 0 Å². The number of nitrogens with zero attached hydrogens (tertiary/aromatic N) is 2. The van der Waals surface area contributed by atoms with E-state index >= 15 is 0 Å². The maximum Gasteiger partial charge on any atom is 0.249 e. The first kappa shape index (κ1) is 16.9. The predicted octanol–water partition coefficient (Wildman–Crippen LogP) is 3.96. The van der Waals surface area contributed by atoms with Crippen LogP contribution >= 0.6 is 11.3 Å². The second-order valence-electron chi connectivity index (χ2n) is 5.27. The normalized spacial score (nSPS) is 13.5. The minimum Gasteiger partial charge on any atom is -0.239 e. The zero-order chi connectivity index (χ0) is 17.5. The number of hydrogen-bond donors (Lipinski definition) is 0. The van der Waals surface area contributed by atoms with Gasteiger partial charge in [-0.3, -0.25) is 0 Å². The van der Waals surface area contributed by atoms with E-state index in [1.807, 2.05) is 24.3 Å². The first-order valence-corrected chi connectivity index (χ1v) is 9.35. The number of hydrogen-bond acceptors (Lipinski definition) is 4. The van der Waals surface area contributed by atoms with E-state index in [1.54, 1.807) is 6.92 Å². The van der Waals surface area contributed by atoms with E-state index in [0.717, 1.165) is 32.7 Å². The summed E-state index contributed by atoms with van der Waals surface area (Å²) in [4.78, 5) is 3.47. The van der Waals surface area contributed by atoms with Crippen molar-refractivity contribution < 1.29 is 17.2 Å². The summed E-state index contributed by atoms with van der Waals surface area (Å²) in [6, 6.07) is 9.72. The molecule has 0 aliphatic heterocycles. The van der Waals surface area contributed by atoms with Crippen LogP contribution in [-0.2, 0) is 10.0 Å². The maximum atomic E-state index is 13.9. The molecule has 1 aromatic heterocycles. The highest BCUT2D eigenvalue weighted by Gasteiger charge is 2.32. The van der Waals surface area contributed by atoms with Crippen LogP contribution in [0.5, 0.6) is 0 Å². The van der Waals surface area contributed by atoms with Gasteiger partial charge in [0.15, 0.2) is 4.90 Å². The number of halogens is 2. The number of benzene rings is 2.